The Hall–Kier alpha value is -0.430. The maximum absolute atomic E-state index is 12.2. The summed E-state index contributed by atoms with van der Waals surface area (Å²) in [5, 5.41) is 3.30. The maximum atomic E-state index is 12.2. The molecule has 0 aromatic carbocycles. The monoisotopic (exact) mass is 304 g/mol. The van der Waals surface area contributed by atoms with Crippen LogP contribution in [0.3, 0.4) is 0 Å². The van der Waals surface area contributed by atoms with Crippen molar-refractivity contribution in [1.29, 1.82) is 0 Å². The molecule has 0 saturated carbocycles. The first-order valence-electron chi connectivity index (χ1n) is 6.49. The molecule has 0 aliphatic carbocycles. The fourth-order valence-corrected chi connectivity index (χ4v) is 4.61. The highest BCUT2D eigenvalue weighted by Crippen LogP contribution is 2.26. The molecule has 0 aliphatic heterocycles. The van der Waals surface area contributed by atoms with Gasteiger partial charge < -0.3 is 5.32 Å². The summed E-state index contributed by atoms with van der Waals surface area (Å²) in [6, 6.07) is 1.75. The lowest BCUT2D eigenvalue weighted by atomic mass is 10.1. The summed E-state index contributed by atoms with van der Waals surface area (Å²) >= 11 is 1.34. The molecule has 0 radical (unpaired) electrons. The average molecular weight is 304 g/mol. The summed E-state index contributed by atoms with van der Waals surface area (Å²) in [6.45, 7) is 11.3. The summed E-state index contributed by atoms with van der Waals surface area (Å²) in [4.78, 5) is 1.09. The van der Waals surface area contributed by atoms with E-state index in [0.717, 1.165) is 30.0 Å². The second-order valence-electron chi connectivity index (χ2n) is 5.70. The van der Waals surface area contributed by atoms with Crippen molar-refractivity contribution in [2.45, 2.75) is 57.3 Å². The third-order valence-corrected chi connectivity index (χ3v) is 5.88. The van der Waals surface area contributed by atoms with Crippen LogP contribution in [0.15, 0.2) is 10.3 Å². The van der Waals surface area contributed by atoms with Gasteiger partial charge in [0.15, 0.2) is 0 Å². The molecule has 0 amide bonds. The topological polar surface area (TPSA) is 58.2 Å². The van der Waals surface area contributed by atoms with Crippen LogP contribution < -0.4 is 10.0 Å². The van der Waals surface area contributed by atoms with Crippen LogP contribution in [0.2, 0.25) is 0 Å². The molecule has 0 saturated heterocycles. The molecule has 1 heterocycles. The molecular weight excluding hydrogens is 280 g/mol. The number of hydrogen-bond acceptors (Lipinski definition) is 4. The maximum Gasteiger partial charge on any atom is 0.250 e. The first-order valence-corrected chi connectivity index (χ1v) is 8.79. The molecule has 110 valence electrons. The number of aryl methyl sites for hydroxylation is 1. The minimum Gasteiger partial charge on any atom is -0.312 e. The number of rotatable bonds is 6. The highest BCUT2D eigenvalue weighted by atomic mass is 32.2. The lowest BCUT2D eigenvalue weighted by Crippen LogP contribution is -2.40. The number of nitrogens with one attached hydrogen (secondary N) is 2. The molecule has 0 fully saturated rings. The zero-order chi connectivity index (χ0) is 14.7. The molecule has 0 spiro atoms. The molecule has 2 N–H and O–H groups in total. The normalized spacial score (nSPS) is 12.9. The minimum absolute atomic E-state index is 0.397. The van der Waals surface area contributed by atoms with Crippen LogP contribution in [0.25, 0.3) is 0 Å². The van der Waals surface area contributed by atoms with Gasteiger partial charge in [0, 0.05) is 17.0 Å². The molecule has 0 atom stereocenters. The highest BCUT2D eigenvalue weighted by molar-refractivity contribution is 7.91. The van der Waals surface area contributed by atoms with Crippen molar-refractivity contribution in [3.63, 3.8) is 0 Å². The zero-order valence-corrected chi connectivity index (χ0v) is 14.0. The molecule has 19 heavy (non-hydrogen) atoms. The highest BCUT2D eigenvalue weighted by Gasteiger charge is 2.24. The van der Waals surface area contributed by atoms with Crippen molar-refractivity contribution >= 4 is 21.4 Å². The Labute approximate surface area is 120 Å². The van der Waals surface area contributed by atoms with Crippen molar-refractivity contribution in [1.82, 2.24) is 10.0 Å². The lowest BCUT2D eigenvalue weighted by molar-refractivity contribution is 0.492. The minimum atomic E-state index is -3.41. The molecule has 6 heteroatoms. The zero-order valence-electron chi connectivity index (χ0n) is 12.3. The molecule has 0 unspecified atom stereocenters. The van der Waals surface area contributed by atoms with E-state index in [1.54, 1.807) is 6.07 Å². The molecule has 1 aromatic heterocycles. The van der Waals surface area contributed by atoms with E-state index < -0.39 is 15.6 Å². The first kappa shape index (κ1) is 16.6. The Balaban J connectivity index is 2.88. The van der Waals surface area contributed by atoms with E-state index in [2.05, 4.69) is 17.0 Å². The second kappa shape index (κ2) is 6.35. The van der Waals surface area contributed by atoms with Crippen LogP contribution in [0, 0.1) is 6.92 Å². The average Bonchev–Trinajstić information content (AvgIpc) is 2.58. The summed E-state index contributed by atoms with van der Waals surface area (Å²) in [7, 11) is -3.41. The van der Waals surface area contributed by atoms with Gasteiger partial charge in [0.05, 0.1) is 0 Å². The summed E-state index contributed by atoms with van der Waals surface area (Å²) in [6.07, 6.45) is 1.07. The number of hydrogen-bond donors (Lipinski definition) is 2. The van der Waals surface area contributed by atoms with Crippen LogP contribution >= 0.6 is 11.3 Å². The first-order chi connectivity index (χ1) is 8.65. The Morgan fingerprint density at radius 3 is 2.47 bits per heavy atom. The van der Waals surface area contributed by atoms with Crippen molar-refractivity contribution in [3.8, 4) is 0 Å². The standard InChI is InChI=1S/C13H24N2O2S2/c1-6-7-14-9-11-10(2)8-12(18-11)19(16,17)15-13(3,4)5/h8,14-15H,6-7,9H2,1-5H3. The molecule has 4 nitrogen and oxygen atoms in total. The van der Waals surface area contributed by atoms with E-state index in [1.165, 1.54) is 11.3 Å². The van der Waals surface area contributed by atoms with Gasteiger partial charge in [-0.3, -0.25) is 0 Å². The third-order valence-electron chi connectivity index (χ3n) is 2.42. The van der Waals surface area contributed by atoms with Gasteiger partial charge >= 0.3 is 0 Å². The smallest absolute Gasteiger partial charge is 0.250 e. The van der Waals surface area contributed by atoms with Crippen LogP contribution in [-0.2, 0) is 16.6 Å². The molecule has 0 bridgehead atoms. The fraction of sp³-hybridized carbons (Fsp3) is 0.692. The van der Waals surface area contributed by atoms with Crippen LogP contribution in [-0.4, -0.2) is 20.5 Å². The molecular formula is C13H24N2O2S2. The van der Waals surface area contributed by atoms with Crippen molar-refractivity contribution < 1.29 is 8.42 Å². The quantitative estimate of drug-likeness (QED) is 0.794. The molecule has 1 rings (SSSR count). The summed E-state index contributed by atoms with van der Waals surface area (Å²) < 4.78 is 27.5. The predicted octanol–water partition coefficient (Wildman–Crippen LogP) is 2.63. The Kier molecular flexibility index (Phi) is 5.55. The SMILES string of the molecule is CCCNCc1sc(S(=O)(=O)NC(C)(C)C)cc1C. The van der Waals surface area contributed by atoms with Crippen molar-refractivity contribution in [2.24, 2.45) is 0 Å². The summed E-state index contributed by atoms with van der Waals surface area (Å²) in [5.41, 5.74) is 0.569. The van der Waals surface area contributed by atoms with Gasteiger partial charge in [-0.2, -0.15) is 0 Å². The fourth-order valence-electron chi connectivity index (χ4n) is 1.63. The Bertz CT molecular complexity index is 513. The van der Waals surface area contributed by atoms with E-state index >= 15 is 0 Å². The third kappa shape index (κ3) is 5.22. The van der Waals surface area contributed by atoms with E-state index in [9.17, 15) is 8.42 Å². The largest absolute Gasteiger partial charge is 0.312 e. The lowest BCUT2D eigenvalue weighted by Gasteiger charge is -2.19. The van der Waals surface area contributed by atoms with E-state index in [1.807, 2.05) is 27.7 Å². The van der Waals surface area contributed by atoms with Crippen molar-refractivity contribution in [3.05, 3.63) is 16.5 Å². The van der Waals surface area contributed by atoms with Crippen LogP contribution in [0.5, 0.6) is 0 Å². The van der Waals surface area contributed by atoms with E-state index in [4.69, 9.17) is 0 Å². The van der Waals surface area contributed by atoms with Gasteiger partial charge in [-0.1, -0.05) is 6.92 Å². The van der Waals surface area contributed by atoms with E-state index in [0.29, 0.717) is 4.21 Å². The Morgan fingerprint density at radius 2 is 1.95 bits per heavy atom. The second-order valence-corrected chi connectivity index (χ2v) is 8.75. The Morgan fingerprint density at radius 1 is 1.32 bits per heavy atom. The predicted molar refractivity (Wildman–Crippen MR) is 81.1 cm³/mol. The van der Waals surface area contributed by atoms with Gasteiger partial charge in [0.25, 0.3) is 10.0 Å². The van der Waals surface area contributed by atoms with Gasteiger partial charge in [-0.25, -0.2) is 13.1 Å². The van der Waals surface area contributed by atoms with E-state index in [-0.39, 0.29) is 0 Å². The van der Waals surface area contributed by atoms with Crippen molar-refractivity contribution in [2.75, 3.05) is 6.54 Å². The number of sulfonamides is 1. The molecule has 0 aliphatic rings. The van der Waals surface area contributed by atoms with Crippen LogP contribution in [0.1, 0.15) is 44.6 Å². The van der Waals surface area contributed by atoms with Crippen LogP contribution in [0.4, 0.5) is 0 Å². The van der Waals surface area contributed by atoms with Gasteiger partial charge in [-0.15, -0.1) is 11.3 Å². The van der Waals surface area contributed by atoms with Gasteiger partial charge in [0.1, 0.15) is 4.21 Å². The van der Waals surface area contributed by atoms with Gasteiger partial charge in [-0.05, 0) is 52.3 Å². The van der Waals surface area contributed by atoms with Gasteiger partial charge in [0.2, 0.25) is 0 Å². The number of thiophene rings is 1. The molecule has 1 aromatic rings. The summed E-state index contributed by atoms with van der Waals surface area (Å²) in [5.74, 6) is 0.